The van der Waals surface area contributed by atoms with E-state index in [-0.39, 0.29) is 33.9 Å². The molecule has 2 heterocycles. The monoisotopic (exact) mass is 439 g/mol. The van der Waals surface area contributed by atoms with E-state index in [1.54, 1.807) is 18.2 Å². The first kappa shape index (κ1) is 20.9. The fourth-order valence-corrected chi connectivity index (χ4v) is 4.03. The lowest BCUT2D eigenvalue weighted by Crippen LogP contribution is -2.47. The molecule has 2 amide bonds. The van der Waals surface area contributed by atoms with Crippen LogP contribution in [0.1, 0.15) is 54.0 Å². The van der Waals surface area contributed by atoms with Crippen LogP contribution in [0.3, 0.4) is 0 Å². The maximum atomic E-state index is 13.3. The molecule has 8 heteroatoms. The van der Waals surface area contributed by atoms with Crippen LogP contribution in [0.5, 0.6) is 0 Å². The molecule has 1 fully saturated rings. The van der Waals surface area contributed by atoms with Crippen molar-refractivity contribution in [3.63, 3.8) is 0 Å². The van der Waals surface area contributed by atoms with E-state index in [9.17, 15) is 9.59 Å². The Labute approximate surface area is 179 Å². The summed E-state index contributed by atoms with van der Waals surface area (Å²) in [6.07, 6.45) is 2.98. The molecule has 1 N–H and O–H groups in total. The average Bonchev–Trinajstić information content (AvgIpc) is 2.64. The van der Waals surface area contributed by atoms with Crippen LogP contribution in [0.25, 0.3) is 0 Å². The van der Waals surface area contributed by atoms with Crippen molar-refractivity contribution < 1.29 is 9.59 Å². The zero-order chi connectivity index (χ0) is 20.4. The van der Waals surface area contributed by atoms with Gasteiger partial charge in [-0.1, -0.05) is 34.8 Å². The number of carbonyl (C=O) groups is 2. The van der Waals surface area contributed by atoms with Gasteiger partial charge in [0.1, 0.15) is 10.8 Å². The first-order valence-electron chi connectivity index (χ1n) is 9.03. The standard InChI is InChI=1S/C20H20Cl3N3O2/c1-11-4-3-5-12(2)26(11)20(28)14-10-13(21)6-8-16(14)24-19(27)18-15(22)7-9-17(23)25-18/h6-12H,3-5H2,1-2H3,(H,24,27)/t11-,12-/m1/s1. The van der Waals surface area contributed by atoms with Crippen LogP contribution < -0.4 is 5.32 Å². The molecule has 148 valence electrons. The lowest BCUT2D eigenvalue weighted by molar-refractivity contribution is 0.0512. The first-order valence-corrected chi connectivity index (χ1v) is 10.2. The molecule has 0 spiro atoms. The van der Waals surface area contributed by atoms with Gasteiger partial charge in [0.25, 0.3) is 11.8 Å². The smallest absolute Gasteiger partial charge is 0.275 e. The minimum atomic E-state index is -0.552. The molecular formula is C20H20Cl3N3O2. The minimum absolute atomic E-state index is 0.0118. The first-order chi connectivity index (χ1) is 13.3. The van der Waals surface area contributed by atoms with Crippen LogP contribution in [0, 0.1) is 0 Å². The van der Waals surface area contributed by atoms with Gasteiger partial charge in [0.2, 0.25) is 0 Å². The van der Waals surface area contributed by atoms with Gasteiger partial charge in [-0.2, -0.15) is 0 Å². The highest BCUT2D eigenvalue weighted by molar-refractivity contribution is 6.35. The largest absolute Gasteiger partial charge is 0.333 e. The molecule has 1 aromatic carbocycles. The normalized spacial score (nSPS) is 19.4. The van der Waals surface area contributed by atoms with Crippen molar-refractivity contribution in [1.29, 1.82) is 0 Å². The molecule has 5 nitrogen and oxygen atoms in total. The van der Waals surface area contributed by atoms with Gasteiger partial charge in [-0.25, -0.2) is 4.98 Å². The van der Waals surface area contributed by atoms with E-state index in [4.69, 9.17) is 34.8 Å². The number of anilines is 1. The summed E-state index contributed by atoms with van der Waals surface area (Å²) >= 11 is 18.1. The third-order valence-electron chi connectivity index (χ3n) is 4.92. The highest BCUT2D eigenvalue weighted by atomic mass is 35.5. The Morgan fingerprint density at radius 2 is 1.75 bits per heavy atom. The number of amides is 2. The second kappa shape index (κ2) is 8.68. The number of aromatic nitrogens is 1. The number of halogens is 3. The van der Waals surface area contributed by atoms with Gasteiger partial charge in [0.05, 0.1) is 16.3 Å². The summed E-state index contributed by atoms with van der Waals surface area (Å²) in [5, 5.41) is 3.45. The van der Waals surface area contributed by atoms with Crippen molar-refractivity contribution in [2.24, 2.45) is 0 Å². The number of carbonyl (C=O) groups excluding carboxylic acids is 2. The molecule has 1 saturated heterocycles. The lowest BCUT2D eigenvalue weighted by Gasteiger charge is -2.39. The zero-order valence-corrected chi connectivity index (χ0v) is 17.8. The van der Waals surface area contributed by atoms with E-state index in [0.717, 1.165) is 19.3 Å². The minimum Gasteiger partial charge on any atom is -0.333 e. The van der Waals surface area contributed by atoms with Crippen molar-refractivity contribution in [2.75, 3.05) is 5.32 Å². The summed E-state index contributed by atoms with van der Waals surface area (Å²) in [5.74, 6) is -0.716. The molecule has 0 saturated carbocycles. The number of hydrogen-bond donors (Lipinski definition) is 1. The average molecular weight is 441 g/mol. The molecule has 2 aromatic rings. The Morgan fingerprint density at radius 1 is 1.07 bits per heavy atom. The second-order valence-electron chi connectivity index (χ2n) is 6.95. The predicted octanol–water partition coefficient (Wildman–Crippen LogP) is 5.70. The molecule has 0 aliphatic carbocycles. The summed E-state index contributed by atoms with van der Waals surface area (Å²) in [7, 11) is 0. The van der Waals surface area contributed by atoms with Crippen LogP contribution in [0.2, 0.25) is 15.2 Å². The summed E-state index contributed by atoms with van der Waals surface area (Å²) in [4.78, 5) is 31.8. The Kier molecular flexibility index (Phi) is 6.48. The van der Waals surface area contributed by atoms with Crippen LogP contribution in [-0.2, 0) is 0 Å². The summed E-state index contributed by atoms with van der Waals surface area (Å²) in [6.45, 7) is 4.07. The van der Waals surface area contributed by atoms with Gasteiger partial charge < -0.3 is 10.2 Å². The van der Waals surface area contributed by atoms with Crippen LogP contribution in [0.15, 0.2) is 30.3 Å². The molecular weight excluding hydrogens is 421 g/mol. The summed E-state index contributed by atoms with van der Waals surface area (Å²) in [5.41, 5.74) is 0.670. The number of benzene rings is 1. The van der Waals surface area contributed by atoms with Gasteiger partial charge in [-0.05, 0) is 63.4 Å². The fourth-order valence-electron chi connectivity index (χ4n) is 3.52. The molecule has 1 aliphatic heterocycles. The zero-order valence-electron chi connectivity index (χ0n) is 15.5. The Bertz CT molecular complexity index is 910. The number of hydrogen-bond acceptors (Lipinski definition) is 3. The number of nitrogens with zero attached hydrogens (tertiary/aromatic N) is 2. The van der Waals surface area contributed by atoms with Crippen molar-refractivity contribution in [3.8, 4) is 0 Å². The number of rotatable bonds is 3. The highest BCUT2D eigenvalue weighted by Crippen LogP contribution is 2.29. The fraction of sp³-hybridized carbons (Fsp3) is 0.350. The molecule has 28 heavy (non-hydrogen) atoms. The van der Waals surface area contributed by atoms with E-state index in [1.807, 2.05) is 18.7 Å². The van der Waals surface area contributed by atoms with E-state index in [2.05, 4.69) is 10.3 Å². The number of nitrogens with one attached hydrogen (secondary N) is 1. The number of piperidine rings is 1. The SMILES string of the molecule is C[C@@H]1CCC[C@@H](C)N1C(=O)c1cc(Cl)ccc1NC(=O)c1nc(Cl)ccc1Cl. The van der Waals surface area contributed by atoms with Crippen LogP contribution >= 0.6 is 34.8 Å². The lowest BCUT2D eigenvalue weighted by atomic mass is 9.96. The van der Waals surface area contributed by atoms with Crippen LogP contribution in [0.4, 0.5) is 5.69 Å². The van der Waals surface area contributed by atoms with E-state index in [0.29, 0.717) is 16.3 Å². The third-order valence-corrected chi connectivity index (χ3v) is 5.67. The van der Waals surface area contributed by atoms with Gasteiger partial charge in [0, 0.05) is 17.1 Å². The molecule has 1 aliphatic rings. The van der Waals surface area contributed by atoms with E-state index < -0.39 is 5.91 Å². The van der Waals surface area contributed by atoms with E-state index >= 15 is 0 Å². The van der Waals surface area contributed by atoms with Crippen molar-refractivity contribution in [1.82, 2.24) is 9.88 Å². The molecule has 3 rings (SSSR count). The van der Waals surface area contributed by atoms with Gasteiger partial charge >= 0.3 is 0 Å². The van der Waals surface area contributed by atoms with Crippen LogP contribution in [-0.4, -0.2) is 33.8 Å². The Hall–Kier alpha value is -1.82. The molecule has 0 radical (unpaired) electrons. The third kappa shape index (κ3) is 4.43. The molecule has 2 atom stereocenters. The van der Waals surface area contributed by atoms with Gasteiger partial charge in [-0.15, -0.1) is 0 Å². The second-order valence-corrected chi connectivity index (χ2v) is 8.18. The highest BCUT2D eigenvalue weighted by Gasteiger charge is 2.31. The molecule has 0 unspecified atom stereocenters. The molecule has 1 aromatic heterocycles. The summed E-state index contributed by atoms with van der Waals surface area (Å²) in [6, 6.07) is 8.01. The van der Waals surface area contributed by atoms with Crippen molar-refractivity contribution in [2.45, 2.75) is 45.2 Å². The predicted molar refractivity (Wildman–Crippen MR) is 113 cm³/mol. The van der Waals surface area contributed by atoms with Crippen molar-refractivity contribution in [3.05, 3.63) is 56.8 Å². The topological polar surface area (TPSA) is 62.3 Å². The summed E-state index contributed by atoms with van der Waals surface area (Å²) < 4.78 is 0. The number of pyridine rings is 1. The van der Waals surface area contributed by atoms with Gasteiger partial charge in [-0.3, -0.25) is 9.59 Å². The van der Waals surface area contributed by atoms with Gasteiger partial charge in [0.15, 0.2) is 0 Å². The Balaban J connectivity index is 1.93. The van der Waals surface area contributed by atoms with E-state index in [1.165, 1.54) is 12.1 Å². The maximum Gasteiger partial charge on any atom is 0.275 e. The number of likely N-dealkylation sites (tertiary alicyclic amines) is 1. The molecule has 0 bridgehead atoms. The maximum absolute atomic E-state index is 13.3. The quantitative estimate of drug-likeness (QED) is 0.623. The van der Waals surface area contributed by atoms with Crippen molar-refractivity contribution >= 4 is 52.3 Å². The Morgan fingerprint density at radius 3 is 2.43 bits per heavy atom.